The van der Waals surface area contributed by atoms with Gasteiger partial charge in [0.2, 0.25) is 6.79 Å². The van der Waals surface area contributed by atoms with Crippen molar-refractivity contribution in [2.75, 3.05) is 63.2 Å². The fraction of sp³-hybridized carbons (Fsp3) is 0.447. The van der Waals surface area contributed by atoms with Gasteiger partial charge in [-0.15, -0.1) is 0 Å². The molecule has 280 valence electrons. The van der Waals surface area contributed by atoms with Crippen LogP contribution >= 0.6 is 0 Å². The van der Waals surface area contributed by atoms with E-state index in [1.54, 1.807) is 91.5 Å². The molecule has 2 aliphatic heterocycles. The van der Waals surface area contributed by atoms with E-state index in [1.165, 1.54) is 0 Å². The zero-order chi connectivity index (χ0) is 37.2. The molecule has 0 spiro atoms. The molecule has 5 rings (SSSR count). The highest BCUT2D eigenvalue weighted by atomic mass is 16.7. The number of nitrogens with zero attached hydrogens (tertiary/aromatic N) is 2. The molecule has 0 aliphatic carbocycles. The Morgan fingerprint density at radius 1 is 0.942 bits per heavy atom. The van der Waals surface area contributed by atoms with E-state index >= 15 is 0 Å². The Balaban J connectivity index is 1.34. The van der Waals surface area contributed by atoms with Gasteiger partial charge in [0.05, 0.1) is 37.5 Å². The Hall–Kier alpha value is -5.21. The summed E-state index contributed by atoms with van der Waals surface area (Å²) in [4.78, 5) is 43.8. The number of rotatable bonds is 8. The van der Waals surface area contributed by atoms with Crippen LogP contribution in [-0.4, -0.2) is 98.4 Å². The molecule has 0 bridgehead atoms. The molecule has 0 aromatic heterocycles. The second kappa shape index (κ2) is 17.8. The van der Waals surface area contributed by atoms with Crippen molar-refractivity contribution in [3.63, 3.8) is 0 Å². The maximum Gasteiger partial charge on any atom is 0.323 e. The lowest BCUT2D eigenvalue weighted by Crippen LogP contribution is -2.48. The summed E-state index contributed by atoms with van der Waals surface area (Å²) in [6.07, 6.45) is 1.69. The lowest BCUT2D eigenvalue weighted by atomic mass is 10.0. The first-order valence-corrected chi connectivity index (χ1v) is 17.5. The summed E-state index contributed by atoms with van der Waals surface area (Å²) < 4.78 is 28.6. The van der Waals surface area contributed by atoms with E-state index in [-0.39, 0.29) is 56.0 Å². The third-order valence-electron chi connectivity index (χ3n) is 9.08. The molecule has 0 unspecified atom stereocenters. The van der Waals surface area contributed by atoms with Crippen molar-refractivity contribution in [3.8, 4) is 23.0 Å². The smallest absolute Gasteiger partial charge is 0.323 e. The molecule has 2 heterocycles. The van der Waals surface area contributed by atoms with E-state index < -0.39 is 18.2 Å². The maximum absolute atomic E-state index is 14.4. The highest BCUT2D eigenvalue weighted by Crippen LogP contribution is 2.34. The summed E-state index contributed by atoms with van der Waals surface area (Å²) in [5, 5.41) is 18.8. The normalized spacial score (nSPS) is 19.7. The number of aliphatic hydroxyl groups is 1. The van der Waals surface area contributed by atoms with Crippen LogP contribution in [0.1, 0.15) is 50.4 Å². The number of hydrogen-bond acceptors (Lipinski definition) is 9. The number of ether oxygens (including phenoxy) is 5. The van der Waals surface area contributed by atoms with Gasteiger partial charge in [-0.2, -0.15) is 0 Å². The van der Waals surface area contributed by atoms with E-state index in [1.807, 2.05) is 13.8 Å². The van der Waals surface area contributed by atoms with Crippen molar-refractivity contribution in [1.82, 2.24) is 9.80 Å². The molecule has 0 radical (unpaired) electrons. The Bertz CT molecular complexity index is 1690. The van der Waals surface area contributed by atoms with Gasteiger partial charge < -0.3 is 54.5 Å². The first-order chi connectivity index (χ1) is 25.0. The predicted molar refractivity (Wildman–Crippen MR) is 197 cm³/mol. The molecule has 0 saturated heterocycles. The van der Waals surface area contributed by atoms with E-state index in [0.717, 1.165) is 19.3 Å². The van der Waals surface area contributed by atoms with E-state index in [9.17, 15) is 19.5 Å². The van der Waals surface area contributed by atoms with Crippen LogP contribution in [0.15, 0.2) is 60.7 Å². The molecule has 5 amide bonds. The molecular weight excluding hydrogens is 670 g/mol. The van der Waals surface area contributed by atoms with Gasteiger partial charge >= 0.3 is 12.1 Å². The average molecular weight is 720 g/mol. The summed E-state index contributed by atoms with van der Waals surface area (Å²) in [5.74, 6) is 1.57. The van der Waals surface area contributed by atoms with Crippen molar-refractivity contribution in [1.29, 1.82) is 0 Å². The molecule has 4 atom stereocenters. The predicted octanol–water partition coefficient (Wildman–Crippen LogP) is 6.03. The third-order valence-corrected chi connectivity index (χ3v) is 9.08. The zero-order valence-electron chi connectivity index (χ0n) is 30.3. The number of benzene rings is 3. The van der Waals surface area contributed by atoms with Gasteiger partial charge in [0, 0.05) is 55.8 Å². The van der Waals surface area contributed by atoms with Crippen LogP contribution in [0.25, 0.3) is 0 Å². The molecule has 52 heavy (non-hydrogen) atoms. The fourth-order valence-electron chi connectivity index (χ4n) is 5.98. The van der Waals surface area contributed by atoms with Crippen LogP contribution in [0.2, 0.25) is 0 Å². The number of carbonyl (C=O) groups is 3. The van der Waals surface area contributed by atoms with Gasteiger partial charge in [0.15, 0.2) is 11.5 Å². The number of anilines is 3. The van der Waals surface area contributed by atoms with Crippen LogP contribution in [0, 0.1) is 5.92 Å². The molecule has 0 fully saturated rings. The number of carbonyl (C=O) groups excluding carboxylic acids is 3. The van der Waals surface area contributed by atoms with Gasteiger partial charge in [0.1, 0.15) is 11.5 Å². The molecule has 14 heteroatoms. The second-order valence-corrected chi connectivity index (χ2v) is 13.2. The highest BCUT2D eigenvalue weighted by Gasteiger charge is 2.31. The fourth-order valence-corrected chi connectivity index (χ4v) is 5.98. The minimum Gasteiger partial charge on any atom is -0.497 e. The molecule has 0 saturated carbocycles. The van der Waals surface area contributed by atoms with Crippen molar-refractivity contribution in [3.05, 3.63) is 66.2 Å². The number of nitrogens with one attached hydrogen (secondary N) is 3. The number of fused-ring (bicyclic) bond motifs is 2. The molecular formula is C38H49N5O9. The third kappa shape index (κ3) is 9.98. The Kier molecular flexibility index (Phi) is 13.0. The number of urea groups is 2. The van der Waals surface area contributed by atoms with Gasteiger partial charge in [-0.1, -0.05) is 6.92 Å². The standard InChI is InChI=1S/C38H49N5O9/c1-24-20-43(25(2)22-44)36(45)31-18-28(39-37(46)40-29-12-16-33-34(19-29)51-23-50-33)11-15-32(31)52-26(3)8-6-7-17-49-35(24)21-42(4)38(47)41-27-9-13-30(48-5)14-10-27/h9-16,18-19,24-26,35,44H,6-8,17,20-23H2,1-5H3,(H,41,47)(H2,39,40,46)/t24-,25+,26+,35+/m1/s1. The summed E-state index contributed by atoms with van der Waals surface area (Å²) in [6.45, 7) is 6.47. The number of aliphatic hydroxyl groups excluding tert-OH is 1. The number of hydrogen-bond donors (Lipinski definition) is 4. The van der Waals surface area contributed by atoms with Crippen LogP contribution < -0.4 is 34.9 Å². The lowest BCUT2D eigenvalue weighted by molar-refractivity contribution is -0.0115. The number of likely N-dealkylation sites (N-methyl/N-ethyl adjacent to an activating group) is 1. The van der Waals surface area contributed by atoms with Gasteiger partial charge in [0.25, 0.3) is 5.91 Å². The monoisotopic (exact) mass is 719 g/mol. The molecule has 3 aromatic rings. The summed E-state index contributed by atoms with van der Waals surface area (Å²) in [5.41, 5.74) is 1.75. The van der Waals surface area contributed by atoms with Gasteiger partial charge in [-0.05, 0) is 87.7 Å². The van der Waals surface area contributed by atoms with E-state index in [0.29, 0.717) is 46.7 Å². The lowest BCUT2D eigenvalue weighted by Gasteiger charge is -2.35. The summed E-state index contributed by atoms with van der Waals surface area (Å²) >= 11 is 0. The van der Waals surface area contributed by atoms with Crippen LogP contribution in [-0.2, 0) is 4.74 Å². The minimum atomic E-state index is -0.559. The van der Waals surface area contributed by atoms with Gasteiger partial charge in [-0.25, -0.2) is 9.59 Å². The maximum atomic E-state index is 14.4. The zero-order valence-corrected chi connectivity index (χ0v) is 30.3. The molecule has 2 aliphatic rings. The van der Waals surface area contributed by atoms with Gasteiger partial charge in [-0.3, -0.25) is 4.79 Å². The topological polar surface area (TPSA) is 160 Å². The van der Waals surface area contributed by atoms with E-state index in [2.05, 4.69) is 16.0 Å². The Labute approximate surface area is 304 Å². The first-order valence-electron chi connectivity index (χ1n) is 17.5. The number of methoxy groups -OCH3 is 1. The highest BCUT2D eigenvalue weighted by molar-refractivity contribution is 6.02. The van der Waals surface area contributed by atoms with E-state index in [4.69, 9.17) is 23.7 Å². The summed E-state index contributed by atoms with van der Waals surface area (Å²) in [7, 11) is 3.28. The van der Waals surface area contributed by atoms with Crippen molar-refractivity contribution >= 4 is 35.0 Å². The second-order valence-electron chi connectivity index (χ2n) is 13.2. The minimum absolute atomic E-state index is 0.118. The molecule has 3 aromatic carbocycles. The van der Waals surface area contributed by atoms with Crippen molar-refractivity contribution < 1.29 is 43.2 Å². The average Bonchev–Trinajstić information content (AvgIpc) is 3.61. The Morgan fingerprint density at radius 3 is 2.33 bits per heavy atom. The van der Waals surface area contributed by atoms with Crippen LogP contribution in [0.3, 0.4) is 0 Å². The van der Waals surface area contributed by atoms with Crippen molar-refractivity contribution in [2.24, 2.45) is 5.92 Å². The quantitative estimate of drug-likeness (QED) is 0.218. The van der Waals surface area contributed by atoms with Crippen molar-refractivity contribution in [2.45, 2.75) is 58.3 Å². The Morgan fingerprint density at radius 2 is 1.62 bits per heavy atom. The number of amides is 5. The SMILES string of the molecule is COc1ccc(NC(=O)N(C)C[C@@H]2OCCCC[C@H](C)Oc3ccc(NC(=O)Nc4ccc5c(c4)OCO5)cc3C(=O)N([C@@H](C)CO)C[C@H]2C)cc1. The first kappa shape index (κ1) is 38.0. The van der Waals surface area contributed by atoms with Crippen LogP contribution in [0.5, 0.6) is 23.0 Å². The largest absolute Gasteiger partial charge is 0.497 e. The van der Waals surface area contributed by atoms with Crippen LogP contribution in [0.4, 0.5) is 26.7 Å². The summed E-state index contributed by atoms with van der Waals surface area (Å²) in [6, 6.07) is 15.7. The molecule has 14 nitrogen and oxygen atoms in total. The molecule has 4 N–H and O–H groups in total.